The van der Waals surface area contributed by atoms with Crippen LogP contribution < -0.4 is 15.2 Å². The molecule has 2 heterocycles. The zero-order valence-corrected chi connectivity index (χ0v) is 19.1. The monoisotopic (exact) mass is 418 g/mol. The second-order valence-electron chi connectivity index (χ2n) is 9.63. The Kier molecular flexibility index (Phi) is 7.30. The molecule has 3 N–H and O–H groups in total. The van der Waals surface area contributed by atoms with E-state index in [1.165, 1.54) is 17.5 Å². The number of rotatable bonds is 8. The van der Waals surface area contributed by atoms with E-state index < -0.39 is 12.0 Å². The predicted octanol–water partition coefficient (Wildman–Crippen LogP) is 3.72. The number of nitrogens with two attached hydrogens (primary N) is 1. The van der Waals surface area contributed by atoms with Crippen LogP contribution in [0.2, 0.25) is 0 Å². The Morgan fingerprint density at radius 2 is 1.83 bits per heavy atom. The summed E-state index contributed by atoms with van der Waals surface area (Å²) in [5, 5.41) is 9.36. The van der Waals surface area contributed by atoms with Gasteiger partial charge in [0.15, 0.2) is 11.5 Å². The van der Waals surface area contributed by atoms with Crippen LogP contribution in [0, 0.1) is 23.7 Å². The number of aliphatic carboxylic acids is 1. The first kappa shape index (κ1) is 22.9. The third-order valence-corrected chi connectivity index (χ3v) is 7.12. The summed E-state index contributed by atoms with van der Waals surface area (Å²) in [7, 11) is 3.36. The van der Waals surface area contributed by atoms with E-state index in [1.54, 1.807) is 14.2 Å². The second-order valence-corrected chi connectivity index (χ2v) is 9.63. The molecule has 0 saturated carbocycles. The molecule has 5 atom stereocenters. The van der Waals surface area contributed by atoms with Crippen LogP contribution in [0.1, 0.15) is 57.2 Å². The van der Waals surface area contributed by atoms with E-state index in [4.69, 9.17) is 15.2 Å². The standard InChI is InChI=1S/C24H38N2O4/c1-14(2)8-18-13-26-7-6-16-11-21(29-4)22(30-5)12-19(16)20(26)10-17(18)9-15(3)23(25)24(27)28/h11-12,14-15,17-18,20,23H,6-10,13,25H2,1-5H3,(H,27,28)/t15?,17-,18+,20-,23?/m1/s1. The summed E-state index contributed by atoms with van der Waals surface area (Å²) >= 11 is 0. The summed E-state index contributed by atoms with van der Waals surface area (Å²) in [5.41, 5.74) is 8.64. The molecule has 0 aliphatic carbocycles. The zero-order valence-electron chi connectivity index (χ0n) is 19.1. The van der Waals surface area contributed by atoms with Crippen molar-refractivity contribution in [3.05, 3.63) is 23.3 Å². The van der Waals surface area contributed by atoms with Crippen molar-refractivity contribution in [2.24, 2.45) is 29.4 Å². The number of carboxylic acids is 1. The molecular weight excluding hydrogens is 380 g/mol. The molecule has 2 unspecified atom stereocenters. The number of carbonyl (C=O) groups is 1. The summed E-state index contributed by atoms with van der Waals surface area (Å²) in [4.78, 5) is 14.0. The van der Waals surface area contributed by atoms with Gasteiger partial charge in [0.05, 0.1) is 14.2 Å². The molecule has 2 aliphatic rings. The van der Waals surface area contributed by atoms with Crippen LogP contribution in [0.3, 0.4) is 0 Å². The molecule has 0 radical (unpaired) electrons. The third-order valence-electron chi connectivity index (χ3n) is 7.12. The zero-order chi connectivity index (χ0) is 22.0. The topological polar surface area (TPSA) is 85.0 Å². The number of hydrogen-bond acceptors (Lipinski definition) is 5. The minimum absolute atomic E-state index is 0.0397. The highest BCUT2D eigenvalue weighted by Gasteiger charge is 2.40. The van der Waals surface area contributed by atoms with E-state index >= 15 is 0 Å². The molecule has 3 rings (SSSR count). The van der Waals surface area contributed by atoms with Crippen molar-refractivity contribution >= 4 is 5.97 Å². The molecule has 30 heavy (non-hydrogen) atoms. The SMILES string of the molecule is COc1cc2c(cc1OC)[C@H]1C[C@@H](CC(C)C(N)C(=O)O)[C@@H](CC(C)C)CN1CC2. The number of piperidine rings is 1. The minimum Gasteiger partial charge on any atom is -0.493 e. The predicted molar refractivity (Wildman–Crippen MR) is 118 cm³/mol. The molecule has 6 nitrogen and oxygen atoms in total. The van der Waals surface area contributed by atoms with E-state index in [9.17, 15) is 9.90 Å². The average Bonchev–Trinajstić information content (AvgIpc) is 2.71. The first-order chi connectivity index (χ1) is 14.2. The molecular formula is C24H38N2O4. The molecule has 0 bridgehead atoms. The van der Waals surface area contributed by atoms with Gasteiger partial charge in [-0.05, 0) is 72.6 Å². The fourth-order valence-corrected chi connectivity index (χ4v) is 5.53. The van der Waals surface area contributed by atoms with Gasteiger partial charge in [0.25, 0.3) is 0 Å². The van der Waals surface area contributed by atoms with Crippen molar-refractivity contribution in [1.82, 2.24) is 4.90 Å². The summed E-state index contributed by atoms with van der Waals surface area (Å²) < 4.78 is 11.1. The molecule has 1 fully saturated rings. The van der Waals surface area contributed by atoms with Gasteiger partial charge >= 0.3 is 5.97 Å². The van der Waals surface area contributed by atoms with E-state index in [1.807, 2.05) is 6.92 Å². The molecule has 2 aliphatic heterocycles. The number of fused-ring (bicyclic) bond motifs is 3. The van der Waals surface area contributed by atoms with Gasteiger partial charge in [-0.25, -0.2) is 0 Å². The van der Waals surface area contributed by atoms with Gasteiger partial charge < -0.3 is 20.3 Å². The Hall–Kier alpha value is -1.79. The number of hydrogen-bond donors (Lipinski definition) is 2. The fraction of sp³-hybridized carbons (Fsp3) is 0.708. The fourth-order valence-electron chi connectivity index (χ4n) is 5.53. The van der Waals surface area contributed by atoms with Crippen molar-refractivity contribution in [3.63, 3.8) is 0 Å². The van der Waals surface area contributed by atoms with Crippen LogP contribution in [0.25, 0.3) is 0 Å². The first-order valence-corrected chi connectivity index (χ1v) is 11.2. The van der Waals surface area contributed by atoms with Crippen molar-refractivity contribution in [1.29, 1.82) is 0 Å². The first-order valence-electron chi connectivity index (χ1n) is 11.2. The summed E-state index contributed by atoms with van der Waals surface area (Å²) in [6.07, 6.45) is 4.08. The minimum atomic E-state index is -0.903. The van der Waals surface area contributed by atoms with Crippen LogP contribution in [0.15, 0.2) is 12.1 Å². The normalized spacial score (nSPS) is 25.9. The molecule has 168 valence electrons. The van der Waals surface area contributed by atoms with E-state index in [-0.39, 0.29) is 5.92 Å². The molecule has 0 amide bonds. The highest BCUT2D eigenvalue weighted by Crippen LogP contribution is 2.47. The van der Waals surface area contributed by atoms with Crippen LogP contribution >= 0.6 is 0 Å². The molecule has 1 saturated heterocycles. The third kappa shape index (κ3) is 4.75. The lowest BCUT2D eigenvalue weighted by atomic mass is 9.70. The van der Waals surface area contributed by atoms with Crippen LogP contribution in [0.5, 0.6) is 11.5 Å². The molecule has 1 aromatic carbocycles. The number of nitrogens with zero attached hydrogens (tertiary/aromatic N) is 1. The molecule has 0 aromatic heterocycles. The van der Waals surface area contributed by atoms with Gasteiger partial charge in [-0.3, -0.25) is 9.69 Å². The summed E-state index contributed by atoms with van der Waals surface area (Å²) in [5.74, 6) is 2.29. The lowest BCUT2D eigenvalue weighted by Crippen LogP contribution is -2.47. The van der Waals surface area contributed by atoms with Gasteiger partial charge in [-0.1, -0.05) is 20.8 Å². The molecule has 1 aromatic rings. The number of methoxy groups -OCH3 is 2. The number of ether oxygens (including phenoxy) is 2. The second kappa shape index (κ2) is 9.56. The van der Waals surface area contributed by atoms with Gasteiger partial charge in [0, 0.05) is 19.1 Å². The van der Waals surface area contributed by atoms with Crippen LogP contribution in [-0.4, -0.2) is 49.3 Å². The van der Waals surface area contributed by atoms with Gasteiger partial charge in [0.2, 0.25) is 0 Å². The average molecular weight is 419 g/mol. The highest BCUT2D eigenvalue weighted by molar-refractivity contribution is 5.73. The summed E-state index contributed by atoms with van der Waals surface area (Å²) in [6.45, 7) is 8.66. The van der Waals surface area contributed by atoms with Gasteiger partial charge in [-0.15, -0.1) is 0 Å². The van der Waals surface area contributed by atoms with Crippen molar-refractivity contribution in [2.45, 2.75) is 58.5 Å². The Bertz CT molecular complexity index is 751. The van der Waals surface area contributed by atoms with E-state index in [2.05, 4.69) is 30.9 Å². The highest BCUT2D eigenvalue weighted by atomic mass is 16.5. The Balaban J connectivity index is 1.88. The quantitative estimate of drug-likeness (QED) is 0.669. The largest absolute Gasteiger partial charge is 0.493 e. The van der Waals surface area contributed by atoms with Crippen LogP contribution in [0.4, 0.5) is 0 Å². The van der Waals surface area contributed by atoms with Crippen molar-refractivity contribution in [2.75, 3.05) is 27.3 Å². The van der Waals surface area contributed by atoms with Gasteiger partial charge in [-0.2, -0.15) is 0 Å². The maximum atomic E-state index is 11.4. The van der Waals surface area contributed by atoms with Crippen molar-refractivity contribution < 1.29 is 19.4 Å². The summed E-state index contributed by atoms with van der Waals surface area (Å²) in [6, 6.07) is 3.82. The maximum absolute atomic E-state index is 11.4. The number of benzene rings is 1. The number of carboxylic acid groups (broad SMARTS) is 1. The molecule has 6 heteroatoms. The van der Waals surface area contributed by atoms with Crippen molar-refractivity contribution in [3.8, 4) is 11.5 Å². The lowest BCUT2D eigenvalue weighted by Gasteiger charge is -2.48. The smallest absolute Gasteiger partial charge is 0.320 e. The lowest BCUT2D eigenvalue weighted by molar-refractivity contribution is -0.140. The molecule has 0 spiro atoms. The Morgan fingerprint density at radius 1 is 1.17 bits per heavy atom. The Labute approximate surface area is 180 Å². The van der Waals surface area contributed by atoms with E-state index in [0.717, 1.165) is 43.9 Å². The maximum Gasteiger partial charge on any atom is 0.320 e. The Morgan fingerprint density at radius 3 is 2.43 bits per heavy atom. The van der Waals surface area contributed by atoms with Gasteiger partial charge in [0.1, 0.15) is 6.04 Å². The van der Waals surface area contributed by atoms with E-state index in [0.29, 0.717) is 23.8 Å². The van der Waals surface area contributed by atoms with Crippen LogP contribution in [-0.2, 0) is 11.2 Å².